The second-order valence-corrected chi connectivity index (χ2v) is 9.78. The van der Waals surface area contributed by atoms with Gasteiger partial charge in [-0.25, -0.2) is 12.8 Å². The van der Waals surface area contributed by atoms with Crippen molar-refractivity contribution in [1.29, 1.82) is 0 Å². The van der Waals surface area contributed by atoms with Crippen LogP contribution in [-0.2, 0) is 26.2 Å². The van der Waals surface area contributed by atoms with Gasteiger partial charge in [0.25, 0.3) is 0 Å². The van der Waals surface area contributed by atoms with Gasteiger partial charge in [-0.1, -0.05) is 41.4 Å². The van der Waals surface area contributed by atoms with Gasteiger partial charge in [0.05, 0.1) is 22.0 Å². The molecule has 0 bridgehead atoms. The highest BCUT2D eigenvalue weighted by molar-refractivity contribution is 7.92. The molecule has 0 saturated heterocycles. The van der Waals surface area contributed by atoms with E-state index in [1.807, 2.05) is 0 Å². The van der Waals surface area contributed by atoms with E-state index < -0.39 is 40.2 Å². The van der Waals surface area contributed by atoms with E-state index in [4.69, 9.17) is 23.2 Å². The molecule has 0 aliphatic rings. The van der Waals surface area contributed by atoms with E-state index in [-0.39, 0.29) is 17.3 Å². The van der Waals surface area contributed by atoms with Crippen LogP contribution in [0.25, 0.3) is 0 Å². The van der Waals surface area contributed by atoms with Gasteiger partial charge in [0.1, 0.15) is 18.4 Å². The lowest BCUT2D eigenvalue weighted by Crippen LogP contribution is -2.51. The lowest BCUT2D eigenvalue weighted by molar-refractivity contribution is -0.139. The van der Waals surface area contributed by atoms with E-state index in [9.17, 15) is 22.4 Å². The van der Waals surface area contributed by atoms with E-state index in [0.717, 1.165) is 12.3 Å². The average molecular weight is 504 g/mol. The quantitative estimate of drug-likeness (QED) is 0.567. The molecular formula is C21H24Cl2FN3O4S. The third-order valence-electron chi connectivity index (χ3n) is 4.66. The number of carbonyl (C=O) groups excluding carboxylic acids is 2. The fraction of sp³-hybridized carbons (Fsp3) is 0.333. The Kier molecular flexibility index (Phi) is 8.89. The lowest BCUT2D eigenvalue weighted by atomic mass is 10.1. The molecule has 32 heavy (non-hydrogen) atoms. The fourth-order valence-electron chi connectivity index (χ4n) is 2.99. The number of hydrogen-bond donors (Lipinski definition) is 1. The third kappa shape index (κ3) is 6.57. The highest BCUT2D eigenvalue weighted by Crippen LogP contribution is 2.25. The Morgan fingerprint density at radius 3 is 2.34 bits per heavy atom. The van der Waals surface area contributed by atoms with Crippen LogP contribution in [0.5, 0.6) is 0 Å². The van der Waals surface area contributed by atoms with Crippen molar-refractivity contribution < 1.29 is 22.4 Å². The Hall–Kier alpha value is -2.36. The summed E-state index contributed by atoms with van der Waals surface area (Å²) < 4.78 is 39.7. The molecule has 1 unspecified atom stereocenters. The van der Waals surface area contributed by atoms with Gasteiger partial charge in [0, 0.05) is 13.1 Å². The predicted molar refractivity (Wildman–Crippen MR) is 124 cm³/mol. The Morgan fingerprint density at radius 2 is 1.78 bits per heavy atom. The van der Waals surface area contributed by atoms with Crippen molar-refractivity contribution in [3.05, 3.63) is 63.9 Å². The van der Waals surface area contributed by atoms with Crippen molar-refractivity contribution in [2.45, 2.75) is 26.4 Å². The molecule has 0 fully saturated rings. The van der Waals surface area contributed by atoms with Gasteiger partial charge in [-0.05, 0) is 43.7 Å². The van der Waals surface area contributed by atoms with Crippen LogP contribution < -0.4 is 9.62 Å². The van der Waals surface area contributed by atoms with Crippen LogP contribution in [0.4, 0.5) is 10.1 Å². The topological polar surface area (TPSA) is 86.8 Å². The van der Waals surface area contributed by atoms with Crippen molar-refractivity contribution in [1.82, 2.24) is 10.2 Å². The van der Waals surface area contributed by atoms with Gasteiger partial charge in [-0.2, -0.15) is 0 Å². The maximum Gasteiger partial charge on any atom is 0.244 e. The molecule has 1 atom stereocenters. The first-order valence-electron chi connectivity index (χ1n) is 9.69. The number of hydrogen-bond acceptors (Lipinski definition) is 4. The van der Waals surface area contributed by atoms with Crippen LogP contribution >= 0.6 is 23.2 Å². The molecule has 11 heteroatoms. The molecule has 2 rings (SSSR count). The highest BCUT2D eigenvalue weighted by atomic mass is 35.5. The minimum absolute atomic E-state index is 0.0388. The minimum atomic E-state index is -4.00. The number of rotatable bonds is 9. The van der Waals surface area contributed by atoms with E-state index in [2.05, 4.69) is 5.32 Å². The van der Waals surface area contributed by atoms with Gasteiger partial charge in [-0.3, -0.25) is 13.9 Å². The third-order valence-corrected chi connectivity index (χ3v) is 6.52. The van der Waals surface area contributed by atoms with Gasteiger partial charge >= 0.3 is 0 Å². The summed E-state index contributed by atoms with van der Waals surface area (Å²) in [6.07, 6.45) is 0.878. The van der Waals surface area contributed by atoms with E-state index in [1.165, 1.54) is 30.0 Å². The standard InChI is InChI=1S/C21H24Cl2FN3O4S/c1-4-25-21(29)14(2)26(12-15-9-10-16(22)17(23)11-15)20(28)13-27(32(3,30)31)19-8-6-5-7-18(19)24/h5-11,14H,4,12-13H2,1-3H3,(H,25,29). The maximum absolute atomic E-state index is 14.3. The average Bonchev–Trinajstić information content (AvgIpc) is 2.72. The first-order chi connectivity index (χ1) is 15.0. The van der Waals surface area contributed by atoms with Crippen LogP contribution in [-0.4, -0.2) is 50.5 Å². The van der Waals surface area contributed by atoms with E-state index >= 15 is 0 Å². The molecule has 2 aromatic rings. The Bertz CT molecular complexity index is 1100. The first kappa shape index (κ1) is 25.9. The molecule has 0 aromatic heterocycles. The smallest absolute Gasteiger partial charge is 0.244 e. The number of amides is 2. The summed E-state index contributed by atoms with van der Waals surface area (Å²) >= 11 is 12.0. The highest BCUT2D eigenvalue weighted by Gasteiger charge is 2.30. The molecule has 0 heterocycles. The molecule has 0 saturated carbocycles. The van der Waals surface area contributed by atoms with Crippen molar-refractivity contribution in [2.75, 3.05) is 23.7 Å². The summed E-state index contributed by atoms with van der Waals surface area (Å²) in [6.45, 7) is 2.88. The van der Waals surface area contributed by atoms with Crippen molar-refractivity contribution in [2.24, 2.45) is 0 Å². The SMILES string of the molecule is CCNC(=O)C(C)N(Cc1ccc(Cl)c(Cl)c1)C(=O)CN(c1ccccc1F)S(C)(=O)=O. The van der Waals surface area contributed by atoms with E-state index in [0.29, 0.717) is 21.4 Å². The number of para-hydroxylation sites is 1. The number of anilines is 1. The van der Waals surface area contributed by atoms with Gasteiger partial charge in [0.2, 0.25) is 21.8 Å². The number of likely N-dealkylation sites (N-methyl/N-ethyl adjacent to an activating group) is 1. The maximum atomic E-state index is 14.3. The number of benzene rings is 2. The Balaban J connectivity index is 2.41. The second-order valence-electron chi connectivity index (χ2n) is 7.06. The molecule has 2 aromatic carbocycles. The zero-order valence-electron chi connectivity index (χ0n) is 17.8. The molecule has 1 N–H and O–H groups in total. The van der Waals surface area contributed by atoms with E-state index in [1.54, 1.807) is 25.1 Å². The van der Waals surface area contributed by atoms with Crippen molar-refractivity contribution in [3.8, 4) is 0 Å². The number of nitrogens with one attached hydrogen (secondary N) is 1. The van der Waals surface area contributed by atoms with Crippen molar-refractivity contribution >= 4 is 50.7 Å². The van der Waals surface area contributed by atoms with Crippen molar-refractivity contribution in [3.63, 3.8) is 0 Å². The summed E-state index contributed by atoms with van der Waals surface area (Å²) in [7, 11) is -4.00. The zero-order chi connectivity index (χ0) is 24.1. The summed E-state index contributed by atoms with van der Waals surface area (Å²) in [4.78, 5) is 26.9. The Labute approximate surface area is 197 Å². The lowest BCUT2D eigenvalue weighted by Gasteiger charge is -2.31. The molecule has 0 spiro atoms. The minimum Gasteiger partial charge on any atom is -0.355 e. The summed E-state index contributed by atoms with van der Waals surface area (Å²) in [5.74, 6) is -1.90. The molecule has 0 radical (unpaired) electrons. The van der Waals surface area contributed by atoms with Gasteiger partial charge in [0.15, 0.2) is 0 Å². The van der Waals surface area contributed by atoms with Gasteiger partial charge in [-0.15, -0.1) is 0 Å². The molecule has 0 aliphatic heterocycles. The Morgan fingerprint density at radius 1 is 1.12 bits per heavy atom. The van der Waals surface area contributed by atoms with Gasteiger partial charge < -0.3 is 10.2 Å². The molecule has 7 nitrogen and oxygen atoms in total. The molecule has 2 amide bonds. The van der Waals surface area contributed by atoms with Crippen LogP contribution in [0, 0.1) is 5.82 Å². The summed E-state index contributed by atoms with van der Waals surface area (Å²) in [5.41, 5.74) is 0.323. The normalized spacial score (nSPS) is 12.2. The molecule has 0 aliphatic carbocycles. The number of halogens is 3. The van der Waals surface area contributed by atoms with Crippen LogP contribution in [0.15, 0.2) is 42.5 Å². The molecule has 174 valence electrons. The van der Waals surface area contributed by atoms with Crippen LogP contribution in [0.3, 0.4) is 0 Å². The fourth-order valence-corrected chi connectivity index (χ4v) is 4.16. The summed E-state index contributed by atoms with van der Waals surface area (Å²) in [6, 6.07) is 9.06. The monoisotopic (exact) mass is 503 g/mol. The van der Waals surface area contributed by atoms with Crippen LogP contribution in [0.1, 0.15) is 19.4 Å². The summed E-state index contributed by atoms with van der Waals surface area (Å²) in [5, 5.41) is 3.24. The predicted octanol–water partition coefficient (Wildman–Crippen LogP) is 3.45. The number of carbonyl (C=O) groups is 2. The first-order valence-corrected chi connectivity index (χ1v) is 12.3. The number of sulfonamides is 1. The molecular weight excluding hydrogens is 480 g/mol. The number of nitrogens with zero attached hydrogens (tertiary/aromatic N) is 2. The second kappa shape index (κ2) is 11.0. The zero-order valence-corrected chi connectivity index (χ0v) is 20.1. The largest absolute Gasteiger partial charge is 0.355 e. The van der Waals surface area contributed by atoms with Crippen LogP contribution in [0.2, 0.25) is 10.0 Å².